The van der Waals surface area contributed by atoms with Crippen molar-refractivity contribution in [2.75, 3.05) is 0 Å². The Bertz CT molecular complexity index is 202. The molecule has 0 spiro atoms. The fourth-order valence-corrected chi connectivity index (χ4v) is 5.44. The molecule has 128 valence electrons. The molecule has 21 heavy (non-hydrogen) atoms. The van der Waals surface area contributed by atoms with E-state index in [-0.39, 0.29) is 0 Å². The second-order valence-corrected chi connectivity index (χ2v) is 8.73. The van der Waals surface area contributed by atoms with Gasteiger partial charge in [0.15, 0.2) is 0 Å². The molecular weight excluding hydrogens is 272 g/mol. The van der Waals surface area contributed by atoms with Crippen LogP contribution in [0.2, 0.25) is 0 Å². The Morgan fingerprint density at radius 3 is 1.10 bits per heavy atom. The van der Waals surface area contributed by atoms with Gasteiger partial charge in [-0.15, -0.1) is 11.8 Å². The van der Waals surface area contributed by atoms with Gasteiger partial charge in [-0.1, -0.05) is 80.1 Å². The third kappa shape index (κ3) is 7.44. The van der Waals surface area contributed by atoms with Crippen molar-refractivity contribution in [3.8, 4) is 0 Å². The highest BCUT2D eigenvalue weighted by atomic mass is 32.2. The fourth-order valence-electron chi connectivity index (χ4n) is 3.45. The highest BCUT2D eigenvalue weighted by Crippen LogP contribution is 2.50. The molecule has 0 N–H and O–H groups in total. The first-order valence-electron chi connectivity index (χ1n) is 9.77. The quantitative estimate of drug-likeness (QED) is 0.293. The maximum atomic E-state index is 2.42. The van der Waals surface area contributed by atoms with Crippen molar-refractivity contribution in [1.82, 2.24) is 0 Å². The van der Waals surface area contributed by atoms with E-state index in [1.807, 2.05) is 0 Å². The predicted octanol–water partition coefficient (Wildman–Crippen LogP) is 8.00. The standard InChI is InChI=1S/C20H42S/c1-7-13-15-17-19(9-3,10-4)21-20(11-5,12-6)18-16-14-8-2/h7-18H2,1-6H3. The topological polar surface area (TPSA) is 0 Å². The molecule has 1 heteroatoms. The van der Waals surface area contributed by atoms with Gasteiger partial charge >= 0.3 is 0 Å². The number of unbranched alkanes of at least 4 members (excludes halogenated alkanes) is 4. The number of thioether (sulfide) groups is 1. The Labute approximate surface area is 140 Å². The van der Waals surface area contributed by atoms with Crippen molar-refractivity contribution >= 4 is 11.8 Å². The molecule has 0 fully saturated rings. The van der Waals surface area contributed by atoms with Crippen LogP contribution in [-0.4, -0.2) is 9.49 Å². The van der Waals surface area contributed by atoms with E-state index in [4.69, 9.17) is 0 Å². The van der Waals surface area contributed by atoms with E-state index in [0.29, 0.717) is 9.49 Å². The van der Waals surface area contributed by atoms with Crippen LogP contribution in [0.15, 0.2) is 0 Å². The normalized spacial score (nSPS) is 12.9. The van der Waals surface area contributed by atoms with Crippen LogP contribution in [0.25, 0.3) is 0 Å². The molecule has 0 nitrogen and oxygen atoms in total. The highest BCUT2D eigenvalue weighted by molar-refractivity contribution is 8.02. The lowest BCUT2D eigenvalue weighted by Crippen LogP contribution is -2.34. The van der Waals surface area contributed by atoms with Crippen LogP contribution in [0.3, 0.4) is 0 Å². The van der Waals surface area contributed by atoms with Gasteiger partial charge < -0.3 is 0 Å². The van der Waals surface area contributed by atoms with Gasteiger partial charge in [-0.2, -0.15) is 0 Å². The van der Waals surface area contributed by atoms with Crippen LogP contribution in [0, 0.1) is 0 Å². The van der Waals surface area contributed by atoms with E-state index in [2.05, 4.69) is 53.3 Å². The van der Waals surface area contributed by atoms with E-state index in [9.17, 15) is 0 Å². The van der Waals surface area contributed by atoms with Crippen LogP contribution < -0.4 is 0 Å². The number of hydrogen-bond acceptors (Lipinski definition) is 1. The smallest absolute Gasteiger partial charge is 0.0160 e. The van der Waals surface area contributed by atoms with Crippen LogP contribution in [-0.2, 0) is 0 Å². The van der Waals surface area contributed by atoms with Crippen molar-refractivity contribution in [2.24, 2.45) is 0 Å². The summed E-state index contributed by atoms with van der Waals surface area (Å²) in [6.07, 6.45) is 16.6. The zero-order chi connectivity index (χ0) is 16.2. The van der Waals surface area contributed by atoms with Gasteiger partial charge in [0.1, 0.15) is 0 Å². The largest absolute Gasteiger partial charge is 0.148 e. The van der Waals surface area contributed by atoms with Gasteiger partial charge in [-0.3, -0.25) is 0 Å². The average molecular weight is 315 g/mol. The Morgan fingerprint density at radius 1 is 0.524 bits per heavy atom. The molecule has 0 saturated heterocycles. The second kappa shape index (κ2) is 11.9. The summed E-state index contributed by atoms with van der Waals surface area (Å²) >= 11 is 2.39. The maximum Gasteiger partial charge on any atom is 0.0160 e. The van der Waals surface area contributed by atoms with E-state index < -0.39 is 0 Å². The second-order valence-electron chi connectivity index (χ2n) is 6.80. The minimum Gasteiger partial charge on any atom is -0.148 e. The lowest BCUT2D eigenvalue weighted by atomic mass is 9.93. The van der Waals surface area contributed by atoms with Gasteiger partial charge in [-0.25, -0.2) is 0 Å². The highest BCUT2D eigenvalue weighted by Gasteiger charge is 2.37. The summed E-state index contributed by atoms with van der Waals surface area (Å²) in [7, 11) is 0. The van der Waals surface area contributed by atoms with Gasteiger partial charge in [0.25, 0.3) is 0 Å². The van der Waals surface area contributed by atoms with Crippen LogP contribution >= 0.6 is 11.8 Å². The SMILES string of the molecule is CCCCCC(CC)(CC)SC(CC)(CC)CCCCC. The van der Waals surface area contributed by atoms with E-state index in [0.717, 1.165) is 0 Å². The third-order valence-electron chi connectivity index (χ3n) is 5.48. The minimum absolute atomic E-state index is 0.535. The lowest BCUT2D eigenvalue weighted by Gasteiger charge is -2.42. The Balaban J connectivity index is 4.85. The first-order chi connectivity index (χ1) is 10.1. The Hall–Kier alpha value is 0.350. The molecule has 0 amide bonds. The Morgan fingerprint density at radius 2 is 0.857 bits per heavy atom. The van der Waals surface area contributed by atoms with Gasteiger partial charge in [0.05, 0.1) is 0 Å². The summed E-state index contributed by atoms with van der Waals surface area (Å²) in [6, 6.07) is 0. The number of rotatable bonds is 14. The molecule has 0 unspecified atom stereocenters. The fraction of sp³-hybridized carbons (Fsp3) is 1.00. The molecule has 0 aromatic heterocycles. The molecule has 0 atom stereocenters. The van der Waals surface area contributed by atoms with Crippen molar-refractivity contribution in [3.63, 3.8) is 0 Å². The van der Waals surface area contributed by atoms with Gasteiger partial charge in [0, 0.05) is 9.49 Å². The lowest BCUT2D eigenvalue weighted by molar-refractivity contribution is 0.439. The van der Waals surface area contributed by atoms with Crippen LogP contribution in [0.5, 0.6) is 0 Å². The zero-order valence-electron chi connectivity index (χ0n) is 15.9. The molecule has 0 aliphatic carbocycles. The van der Waals surface area contributed by atoms with Crippen LogP contribution in [0.4, 0.5) is 0 Å². The molecule has 0 aromatic rings. The average Bonchev–Trinajstić information content (AvgIpc) is 2.53. The predicted molar refractivity (Wildman–Crippen MR) is 103 cm³/mol. The molecule has 0 rings (SSSR count). The van der Waals surface area contributed by atoms with E-state index in [1.54, 1.807) is 0 Å². The molecule has 0 aliphatic heterocycles. The molecule has 0 aliphatic rings. The van der Waals surface area contributed by atoms with E-state index >= 15 is 0 Å². The minimum atomic E-state index is 0.535. The van der Waals surface area contributed by atoms with Crippen molar-refractivity contribution in [2.45, 2.75) is 128 Å². The molecule has 0 radical (unpaired) electrons. The summed E-state index contributed by atoms with van der Waals surface area (Å²) < 4.78 is 1.07. The summed E-state index contributed by atoms with van der Waals surface area (Å²) in [6.45, 7) is 14.3. The zero-order valence-corrected chi connectivity index (χ0v) is 16.7. The number of hydrogen-bond donors (Lipinski definition) is 0. The van der Waals surface area contributed by atoms with Gasteiger partial charge in [0.2, 0.25) is 0 Å². The van der Waals surface area contributed by atoms with Crippen molar-refractivity contribution in [3.05, 3.63) is 0 Å². The van der Waals surface area contributed by atoms with E-state index in [1.165, 1.54) is 77.0 Å². The monoisotopic (exact) mass is 314 g/mol. The van der Waals surface area contributed by atoms with Crippen molar-refractivity contribution in [1.29, 1.82) is 0 Å². The molecular formula is C20H42S. The molecule has 0 saturated carbocycles. The van der Waals surface area contributed by atoms with Gasteiger partial charge in [-0.05, 0) is 38.5 Å². The summed E-state index contributed by atoms with van der Waals surface area (Å²) in [4.78, 5) is 0. The molecule has 0 bridgehead atoms. The van der Waals surface area contributed by atoms with Crippen LogP contribution in [0.1, 0.15) is 119 Å². The first kappa shape index (κ1) is 21.4. The summed E-state index contributed by atoms with van der Waals surface area (Å²) in [5.74, 6) is 0. The maximum absolute atomic E-state index is 2.42. The Kier molecular flexibility index (Phi) is 12.1. The van der Waals surface area contributed by atoms with Crippen molar-refractivity contribution < 1.29 is 0 Å². The first-order valence-corrected chi connectivity index (χ1v) is 10.6. The summed E-state index contributed by atoms with van der Waals surface area (Å²) in [5.41, 5.74) is 0. The summed E-state index contributed by atoms with van der Waals surface area (Å²) in [5, 5.41) is 0. The molecule has 0 aromatic carbocycles. The third-order valence-corrected chi connectivity index (χ3v) is 7.91. The molecule has 0 heterocycles.